The van der Waals surface area contributed by atoms with E-state index >= 15 is 0 Å². The van der Waals surface area contributed by atoms with Gasteiger partial charge in [0.25, 0.3) is 5.69 Å². The number of benzene rings is 1. The molecular weight excluding hydrogens is 268 g/mol. The van der Waals surface area contributed by atoms with E-state index in [9.17, 15) is 10.1 Å². The summed E-state index contributed by atoms with van der Waals surface area (Å²) < 4.78 is 5.67. The molecule has 0 spiro atoms. The summed E-state index contributed by atoms with van der Waals surface area (Å²) in [6, 6.07) is 6.25. The van der Waals surface area contributed by atoms with Crippen LogP contribution >= 0.6 is 0 Å². The minimum absolute atomic E-state index is 0.0925. The number of hydrogen-bond donors (Lipinski definition) is 0. The summed E-state index contributed by atoms with van der Waals surface area (Å²) in [6.07, 6.45) is 4.82. The molecule has 21 heavy (non-hydrogen) atoms. The fraction of sp³-hybridized carbons (Fsp3) is 0.625. The molecule has 0 fully saturated rings. The lowest BCUT2D eigenvalue weighted by molar-refractivity contribution is -0.384. The van der Waals surface area contributed by atoms with Gasteiger partial charge < -0.3 is 4.74 Å². The Hall–Kier alpha value is -1.62. The second kappa shape index (κ2) is 10.2. The average Bonchev–Trinajstić information content (AvgIpc) is 2.50. The topological polar surface area (TPSA) is 55.6 Å². The minimum Gasteiger partial charge on any atom is -0.492 e. The zero-order chi connectivity index (χ0) is 15.5. The van der Waals surface area contributed by atoms with Gasteiger partial charge in [0.1, 0.15) is 12.4 Å². The van der Waals surface area contributed by atoms with Crippen LogP contribution in [0.5, 0.6) is 5.75 Å². The number of nitro groups is 1. The van der Waals surface area contributed by atoms with Gasteiger partial charge in [-0.25, -0.2) is 0 Å². The first-order valence-corrected chi connectivity index (χ1v) is 7.77. The molecule has 5 nitrogen and oxygen atoms in total. The van der Waals surface area contributed by atoms with Crippen molar-refractivity contribution in [1.29, 1.82) is 0 Å². The van der Waals surface area contributed by atoms with Crippen molar-refractivity contribution in [3.63, 3.8) is 0 Å². The molecule has 0 atom stereocenters. The molecule has 0 amide bonds. The van der Waals surface area contributed by atoms with E-state index in [0.717, 1.165) is 19.6 Å². The molecular formula is C16H26N2O3. The second-order valence-corrected chi connectivity index (χ2v) is 5.15. The van der Waals surface area contributed by atoms with Crippen LogP contribution in [-0.2, 0) is 0 Å². The third-order valence-corrected chi connectivity index (χ3v) is 3.38. The van der Waals surface area contributed by atoms with Crippen LogP contribution in [0.1, 0.15) is 39.5 Å². The summed E-state index contributed by atoms with van der Waals surface area (Å²) >= 11 is 0. The molecule has 0 aliphatic carbocycles. The Morgan fingerprint density at radius 2 is 1.62 bits per heavy atom. The Balaban J connectivity index is 2.36. The predicted octanol–water partition coefficient (Wildman–Crippen LogP) is 3.88. The van der Waals surface area contributed by atoms with E-state index in [1.807, 2.05) is 0 Å². The van der Waals surface area contributed by atoms with E-state index in [0.29, 0.717) is 12.4 Å². The van der Waals surface area contributed by atoms with Gasteiger partial charge in [-0.05, 0) is 38.1 Å². The highest BCUT2D eigenvalue weighted by atomic mass is 16.6. The van der Waals surface area contributed by atoms with Crippen LogP contribution in [0, 0.1) is 10.1 Å². The van der Waals surface area contributed by atoms with Crippen LogP contribution in [-0.4, -0.2) is 36.1 Å². The standard InChI is InChI=1S/C16H26N2O3/c1-3-5-11-17(12-6-4-2)13-14-21-16-9-7-15(8-10-16)18(19)20/h7-10H,3-6,11-14H2,1-2H3. The number of non-ortho nitro benzene ring substituents is 1. The maximum Gasteiger partial charge on any atom is 0.269 e. The lowest BCUT2D eigenvalue weighted by Crippen LogP contribution is -2.30. The lowest BCUT2D eigenvalue weighted by atomic mass is 10.2. The Kier molecular flexibility index (Phi) is 8.43. The average molecular weight is 294 g/mol. The highest BCUT2D eigenvalue weighted by Gasteiger charge is 2.06. The Bertz CT molecular complexity index is 398. The predicted molar refractivity (Wildman–Crippen MR) is 84.8 cm³/mol. The summed E-state index contributed by atoms with van der Waals surface area (Å²) in [5.74, 6) is 0.687. The van der Waals surface area contributed by atoms with E-state index in [-0.39, 0.29) is 5.69 Å². The van der Waals surface area contributed by atoms with Gasteiger partial charge in [0.05, 0.1) is 4.92 Å². The molecule has 0 saturated heterocycles. The quantitative estimate of drug-likeness (QED) is 0.459. The fourth-order valence-electron chi connectivity index (χ4n) is 2.06. The lowest BCUT2D eigenvalue weighted by Gasteiger charge is -2.21. The van der Waals surface area contributed by atoms with Gasteiger partial charge in [0.15, 0.2) is 0 Å². The van der Waals surface area contributed by atoms with E-state index in [4.69, 9.17) is 4.74 Å². The van der Waals surface area contributed by atoms with Gasteiger partial charge in [0.2, 0.25) is 0 Å². The van der Waals surface area contributed by atoms with Crippen LogP contribution in [0.25, 0.3) is 0 Å². The van der Waals surface area contributed by atoms with E-state index in [1.54, 1.807) is 12.1 Å². The van der Waals surface area contributed by atoms with Crippen molar-refractivity contribution in [3.8, 4) is 5.75 Å². The second-order valence-electron chi connectivity index (χ2n) is 5.15. The van der Waals surface area contributed by atoms with Gasteiger partial charge in [-0.1, -0.05) is 26.7 Å². The molecule has 5 heteroatoms. The highest BCUT2D eigenvalue weighted by Crippen LogP contribution is 2.17. The smallest absolute Gasteiger partial charge is 0.269 e. The maximum atomic E-state index is 10.6. The maximum absolute atomic E-state index is 10.6. The van der Waals surface area contributed by atoms with E-state index in [1.165, 1.54) is 37.8 Å². The molecule has 0 unspecified atom stereocenters. The summed E-state index contributed by atoms with van der Waals surface area (Å²) in [5.41, 5.74) is 0.0925. The van der Waals surface area contributed by atoms with Crippen molar-refractivity contribution in [2.45, 2.75) is 39.5 Å². The van der Waals surface area contributed by atoms with Crippen molar-refractivity contribution in [2.24, 2.45) is 0 Å². The van der Waals surface area contributed by atoms with Crippen molar-refractivity contribution in [3.05, 3.63) is 34.4 Å². The Morgan fingerprint density at radius 1 is 1.05 bits per heavy atom. The van der Waals surface area contributed by atoms with Crippen LogP contribution in [0.15, 0.2) is 24.3 Å². The molecule has 0 bridgehead atoms. The number of nitrogens with zero attached hydrogens (tertiary/aromatic N) is 2. The number of ether oxygens (including phenoxy) is 1. The number of rotatable bonds is 11. The van der Waals surface area contributed by atoms with E-state index in [2.05, 4.69) is 18.7 Å². The summed E-state index contributed by atoms with van der Waals surface area (Å²) in [6.45, 7) is 8.14. The zero-order valence-electron chi connectivity index (χ0n) is 13.1. The van der Waals surface area contributed by atoms with Crippen LogP contribution in [0.4, 0.5) is 5.69 Å². The fourth-order valence-corrected chi connectivity index (χ4v) is 2.06. The van der Waals surface area contributed by atoms with Crippen molar-refractivity contribution in [2.75, 3.05) is 26.2 Å². The molecule has 1 aromatic rings. The summed E-state index contributed by atoms with van der Waals surface area (Å²) in [5, 5.41) is 10.6. The molecule has 0 N–H and O–H groups in total. The van der Waals surface area contributed by atoms with Gasteiger partial charge in [-0.15, -0.1) is 0 Å². The molecule has 0 aliphatic rings. The Morgan fingerprint density at radius 3 is 2.10 bits per heavy atom. The summed E-state index contributed by atoms with van der Waals surface area (Å²) in [4.78, 5) is 12.6. The monoisotopic (exact) mass is 294 g/mol. The first-order valence-electron chi connectivity index (χ1n) is 7.77. The third-order valence-electron chi connectivity index (χ3n) is 3.38. The highest BCUT2D eigenvalue weighted by molar-refractivity contribution is 5.35. The SMILES string of the molecule is CCCCN(CCCC)CCOc1ccc([N+](=O)[O-])cc1. The van der Waals surface area contributed by atoms with Crippen LogP contribution in [0.3, 0.4) is 0 Å². The van der Waals surface area contributed by atoms with Gasteiger partial charge in [-0.2, -0.15) is 0 Å². The molecule has 0 heterocycles. The number of unbranched alkanes of at least 4 members (excludes halogenated alkanes) is 2. The largest absolute Gasteiger partial charge is 0.492 e. The van der Waals surface area contributed by atoms with Crippen LogP contribution < -0.4 is 4.74 Å². The Labute approximate surface area is 127 Å². The van der Waals surface area contributed by atoms with Crippen molar-refractivity contribution >= 4 is 5.69 Å². The molecule has 118 valence electrons. The van der Waals surface area contributed by atoms with Gasteiger partial charge >= 0.3 is 0 Å². The van der Waals surface area contributed by atoms with Crippen LogP contribution in [0.2, 0.25) is 0 Å². The molecule has 1 aromatic carbocycles. The normalized spacial score (nSPS) is 10.8. The number of hydrogen-bond acceptors (Lipinski definition) is 4. The third kappa shape index (κ3) is 7.09. The first kappa shape index (κ1) is 17.4. The molecule has 0 aliphatic heterocycles. The molecule has 1 rings (SSSR count). The van der Waals surface area contributed by atoms with Crippen molar-refractivity contribution in [1.82, 2.24) is 4.90 Å². The van der Waals surface area contributed by atoms with Gasteiger partial charge in [-0.3, -0.25) is 15.0 Å². The van der Waals surface area contributed by atoms with Gasteiger partial charge in [0, 0.05) is 18.7 Å². The van der Waals surface area contributed by atoms with Crippen molar-refractivity contribution < 1.29 is 9.66 Å². The molecule has 0 saturated carbocycles. The zero-order valence-corrected chi connectivity index (χ0v) is 13.1. The van der Waals surface area contributed by atoms with E-state index < -0.39 is 4.92 Å². The summed E-state index contributed by atoms with van der Waals surface area (Å²) in [7, 11) is 0. The molecule has 0 aromatic heterocycles. The first-order chi connectivity index (χ1) is 10.2. The number of nitro benzene ring substituents is 1. The minimum atomic E-state index is -0.402. The molecule has 0 radical (unpaired) electrons.